The fourth-order valence-corrected chi connectivity index (χ4v) is 9.13. The zero-order valence-corrected chi connectivity index (χ0v) is 47.1. The third-order valence-electron chi connectivity index (χ3n) is 13.8. The maximum Gasteiger partial charge on any atom is 0.306 e. The monoisotopic (exact) mass is 983 g/mol. The summed E-state index contributed by atoms with van der Waals surface area (Å²) < 4.78 is 16.9. The highest BCUT2D eigenvalue weighted by Gasteiger charge is 2.19. The molecule has 0 rings (SSSR count). The first-order valence-electron chi connectivity index (χ1n) is 31.0. The van der Waals surface area contributed by atoms with Crippen LogP contribution in [0.4, 0.5) is 0 Å². The van der Waals surface area contributed by atoms with Crippen molar-refractivity contribution in [3.63, 3.8) is 0 Å². The van der Waals surface area contributed by atoms with Crippen LogP contribution < -0.4 is 0 Å². The van der Waals surface area contributed by atoms with Crippen molar-refractivity contribution in [2.24, 2.45) is 0 Å². The first kappa shape index (κ1) is 67.6. The fraction of sp³-hybridized carbons (Fsp3) is 0.859. The molecule has 0 aliphatic heterocycles. The minimum Gasteiger partial charge on any atom is -0.462 e. The Bertz CT molecular complexity index is 1170. The Morgan fingerprint density at radius 2 is 0.471 bits per heavy atom. The number of allylic oxidation sites excluding steroid dienone is 6. The molecule has 0 fully saturated rings. The second kappa shape index (κ2) is 59.2. The van der Waals surface area contributed by atoms with Gasteiger partial charge in [-0.1, -0.05) is 256 Å². The van der Waals surface area contributed by atoms with Crippen molar-refractivity contribution in [1.82, 2.24) is 0 Å². The lowest BCUT2D eigenvalue weighted by molar-refractivity contribution is -0.167. The van der Waals surface area contributed by atoms with Crippen molar-refractivity contribution in [3.05, 3.63) is 36.5 Å². The Hall–Kier alpha value is -2.37. The van der Waals surface area contributed by atoms with Crippen molar-refractivity contribution in [2.45, 2.75) is 341 Å². The first-order chi connectivity index (χ1) is 34.5. The van der Waals surface area contributed by atoms with E-state index in [4.69, 9.17) is 14.2 Å². The Morgan fingerprint density at radius 1 is 0.271 bits per heavy atom. The number of unbranched alkanes of at least 4 members (excludes halogenated alkanes) is 40. The molecule has 0 saturated heterocycles. The molecule has 6 heteroatoms. The largest absolute Gasteiger partial charge is 0.462 e. The van der Waals surface area contributed by atoms with Crippen LogP contribution in [0.3, 0.4) is 0 Å². The molecule has 0 aliphatic rings. The molecule has 410 valence electrons. The van der Waals surface area contributed by atoms with Crippen LogP contribution in [0.25, 0.3) is 0 Å². The van der Waals surface area contributed by atoms with Crippen LogP contribution >= 0.6 is 0 Å². The number of hydrogen-bond donors (Lipinski definition) is 0. The van der Waals surface area contributed by atoms with E-state index in [-0.39, 0.29) is 31.1 Å². The van der Waals surface area contributed by atoms with Crippen LogP contribution in [0.15, 0.2) is 36.5 Å². The van der Waals surface area contributed by atoms with Crippen LogP contribution in [0, 0.1) is 0 Å². The molecule has 0 N–H and O–H groups in total. The lowest BCUT2D eigenvalue weighted by Gasteiger charge is -2.18. The van der Waals surface area contributed by atoms with Gasteiger partial charge in [0.1, 0.15) is 13.2 Å². The van der Waals surface area contributed by atoms with Gasteiger partial charge in [0.2, 0.25) is 0 Å². The number of carbonyl (C=O) groups excluding carboxylic acids is 3. The quantitative estimate of drug-likeness (QED) is 0.0261. The number of carbonyl (C=O) groups is 3. The smallest absolute Gasteiger partial charge is 0.306 e. The van der Waals surface area contributed by atoms with Gasteiger partial charge in [-0.2, -0.15) is 0 Å². The van der Waals surface area contributed by atoms with Crippen molar-refractivity contribution < 1.29 is 28.6 Å². The van der Waals surface area contributed by atoms with Gasteiger partial charge in [0.25, 0.3) is 0 Å². The average Bonchev–Trinajstić information content (AvgIpc) is 3.36. The van der Waals surface area contributed by atoms with Crippen molar-refractivity contribution in [2.75, 3.05) is 13.2 Å². The van der Waals surface area contributed by atoms with E-state index in [9.17, 15) is 14.4 Å². The van der Waals surface area contributed by atoms with E-state index < -0.39 is 6.10 Å². The van der Waals surface area contributed by atoms with E-state index >= 15 is 0 Å². The molecule has 0 aromatic carbocycles. The summed E-state index contributed by atoms with van der Waals surface area (Å²) in [4.78, 5) is 38.2. The van der Waals surface area contributed by atoms with Gasteiger partial charge in [-0.25, -0.2) is 0 Å². The molecule has 1 atom stereocenters. The second-order valence-corrected chi connectivity index (χ2v) is 21.0. The molecule has 0 heterocycles. The third-order valence-corrected chi connectivity index (χ3v) is 13.8. The van der Waals surface area contributed by atoms with E-state index in [0.717, 1.165) is 70.6 Å². The maximum absolute atomic E-state index is 12.8. The van der Waals surface area contributed by atoms with Gasteiger partial charge in [0, 0.05) is 19.3 Å². The number of hydrogen-bond acceptors (Lipinski definition) is 6. The van der Waals surface area contributed by atoms with Gasteiger partial charge in [-0.3, -0.25) is 14.4 Å². The third kappa shape index (κ3) is 56.5. The molecule has 0 spiro atoms. The summed E-state index contributed by atoms with van der Waals surface area (Å²) in [6.45, 7) is 6.64. The normalized spacial score (nSPS) is 12.2. The van der Waals surface area contributed by atoms with Crippen molar-refractivity contribution >= 4 is 17.9 Å². The number of esters is 3. The molecule has 0 aromatic heterocycles. The minimum atomic E-state index is -0.778. The summed E-state index contributed by atoms with van der Waals surface area (Å²) in [5.74, 6) is -0.876. The summed E-state index contributed by atoms with van der Waals surface area (Å²) in [6, 6.07) is 0. The molecule has 0 aliphatic carbocycles. The van der Waals surface area contributed by atoms with E-state index in [1.807, 2.05) is 0 Å². The van der Waals surface area contributed by atoms with E-state index in [2.05, 4.69) is 57.2 Å². The second-order valence-electron chi connectivity index (χ2n) is 21.0. The van der Waals surface area contributed by atoms with Gasteiger partial charge in [-0.15, -0.1) is 0 Å². The minimum absolute atomic E-state index is 0.0753. The lowest BCUT2D eigenvalue weighted by Crippen LogP contribution is -2.30. The van der Waals surface area contributed by atoms with E-state index in [1.54, 1.807) is 0 Å². The zero-order valence-electron chi connectivity index (χ0n) is 47.1. The van der Waals surface area contributed by atoms with Crippen LogP contribution in [-0.4, -0.2) is 37.2 Å². The first-order valence-corrected chi connectivity index (χ1v) is 31.0. The highest BCUT2D eigenvalue weighted by atomic mass is 16.6. The Morgan fingerprint density at radius 3 is 0.743 bits per heavy atom. The molecule has 0 bridgehead atoms. The molecule has 0 aromatic rings. The predicted molar refractivity (Wildman–Crippen MR) is 302 cm³/mol. The molecule has 0 saturated carbocycles. The van der Waals surface area contributed by atoms with Crippen molar-refractivity contribution in [3.8, 4) is 0 Å². The summed E-state index contributed by atoms with van der Waals surface area (Å²) >= 11 is 0. The van der Waals surface area contributed by atoms with Crippen LogP contribution in [0.2, 0.25) is 0 Å². The van der Waals surface area contributed by atoms with Crippen LogP contribution in [-0.2, 0) is 28.6 Å². The fourth-order valence-electron chi connectivity index (χ4n) is 9.13. The predicted octanol–water partition coefficient (Wildman–Crippen LogP) is 20.8. The summed E-state index contributed by atoms with van der Waals surface area (Å²) in [7, 11) is 0. The van der Waals surface area contributed by atoms with Crippen molar-refractivity contribution in [1.29, 1.82) is 0 Å². The summed E-state index contributed by atoms with van der Waals surface area (Å²) in [5, 5.41) is 0. The van der Waals surface area contributed by atoms with E-state index in [0.29, 0.717) is 19.3 Å². The van der Waals surface area contributed by atoms with Gasteiger partial charge in [0.05, 0.1) is 0 Å². The molecule has 70 heavy (non-hydrogen) atoms. The average molecular weight is 984 g/mol. The molecular formula is C64H118O6. The molecular weight excluding hydrogens is 865 g/mol. The summed E-state index contributed by atoms with van der Waals surface area (Å²) in [5.41, 5.74) is 0. The SMILES string of the molecule is CCCCC/C=C\CCCCCCCC(=O)OCC(COC(=O)CCCCCCCCCCCCCCC/C=C\CCCCCCCCCC)OC(=O)CCCCCCC/C=C\CCCCCCCC. The maximum atomic E-state index is 12.8. The Labute approximate surface area is 435 Å². The Balaban J connectivity index is 4.22. The molecule has 0 radical (unpaired) electrons. The molecule has 6 nitrogen and oxygen atoms in total. The van der Waals surface area contributed by atoms with Gasteiger partial charge < -0.3 is 14.2 Å². The lowest BCUT2D eigenvalue weighted by atomic mass is 10.0. The number of rotatable bonds is 57. The standard InChI is InChI=1S/C64H118O6/c1-4-7-10-13-16-19-22-25-27-28-29-30-31-32-33-34-35-36-38-39-42-45-48-51-54-57-63(66)69-60-61(59-68-62(65)56-53-50-47-44-41-24-21-18-15-12-9-6-3)70-64(67)58-55-52-49-46-43-40-37-26-23-20-17-14-11-8-5-2/h18,21,26,28-29,37,61H,4-17,19-20,22-25,27,30-36,38-60H2,1-3H3/b21-18-,29-28-,37-26-. The zero-order chi connectivity index (χ0) is 50.7. The molecule has 1 unspecified atom stereocenters. The topological polar surface area (TPSA) is 78.9 Å². The summed E-state index contributed by atoms with van der Waals surface area (Å²) in [6.07, 6.45) is 71.5. The Kier molecular flexibility index (Phi) is 57.2. The van der Waals surface area contributed by atoms with Crippen LogP contribution in [0.5, 0.6) is 0 Å². The molecule has 0 amide bonds. The van der Waals surface area contributed by atoms with Gasteiger partial charge in [0.15, 0.2) is 6.10 Å². The highest BCUT2D eigenvalue weighted by Crippen LogP contribution is 2.17. The van der Waals surface area contributed by atoms with Gasteiger partial charge >= 0.3 is 17.9 Å². The van der Waals surface area contributed by atoms with E-state index in [1.165, 1.54) is 225 Å². The number of ether oxygens (including phenoxy) is 3. The van der Waals surface area contributed by atoms with Gasteiger partial charge in [-0.05, 0) is 96.3 Å². The van der Waals surface area contributed by atoms with Crippen LogP contribution in [0.1, 0.15) is 335 Å². The highest BCUT2D eigenvalue weighted by molar-refractivity contribution is 5.71.